The Bertz CT molecular complexity index is 196. The molecule has 84 valence electrons. The van der Waals surface area contributed by atoms with Gasteiger partial charge in [0.05, 0.1) is 0 Å². The van der Waals surface area contributed by atoms with Gasteiger partial charge in [-0.15, -0.1) is 0 Å². The van der Waals surface area contributed by atoms with Crippen LogP contribution in [0.15, 0.2) is 0 Å². The van der Waals surface area contributed by atoms with E-state index in [1.54, 1.807) is 5.43 Å². The van der Waals surface area contributed by atoms with Crippen molar-refractivity contribution in [1.29, 1.82) is 0 Å². The van der Waals surface area contributed by atoms with Crippen molar-refractivity contribution in [3.63, 3.8) is 0 Å². The summed E-state index contributed by atoms with van der Waals surface area (Å²) >= 11 is 0. The molecule has 0 bridgehead atoms. The fourth-order valence-corrected chi connectivity index (χ4v) is 0.760. The quantitative estimate of drug-likeness (QED) is 0.412. The molecule has 0 aromatic heterocycles. The van der Waals surface area contributed by atoms with Crippen LogP contribution in [0.25, 0.3) is 0 Å². The van der Waals surface area contributed by atoms with Crippen molar-refractivity contribution in [2.75, 3.05) is 0 Å². The van der Waals surface area contributed by atoms with E-state index in [1.807, 2.05) is 0 Å². The minimum Gasteiger partial charge on any atom is -0.356 e. The highest BCUT2D eigenvalue weighted by Gasteiger charge is 2.39. The number of carbonyl (C=O) groups excluding carboxylic acids is 1. The Balaban J connectivity index is 4.26. The maximum atomic E-state index is 12.0. The van der Waals surface area contributed by atoms with E-state index >= 15 is 0 Å². The molecule has 0 spiro atoms. The van der Waals surface area contributed by atoms with Crippen molar-refractivity contribution < 1.29 is 22.7 Å². The highest BCUT2D eigenvalue weighted by atomic mass is 19.4. The van der Waals surface area contributed by atoms with Crippen molar-refractivity contribution in [2.24, 2.45) is 5.84 Å². The van der Waals surface area contributed by atoms with Crippen molar-refractivity contribution >= 4 is 5.91 Å². The van der Waals surface area contributed by atoms with Crippen LogP contribution in [0.4, 0.5) is 13.2 Å². The van der Waals surface area contributed by atoms with Gasteiger partial charge in [0.1, 0.15) is 6.10 Å². The number of hydrazine groups is 1. The van der Waals surface area contributed by atoms with Gasteiger partial charge in [-0.3, -0.25) is 10.2 Å². The van der Waals surface area contributed by atoms with Crippen LogP contribution in [0.1, 0.15) is 20.3 Å². The topological polar surface area (TPSA) is 64.3 Å². The van der Waals surface area contributed by atoms with E-state index in [1.165, 1.54) is 6.92 Å². The first-order valence-corrected chi connectivity index (χ1v) is 4.05. The monoisotopic (exact) mass is 214 g/mol. The molecule has 3 N–H and O–H groups in total. The molecule has 0 saturated carbocycles. The molecule has 0 saturated heterocycles. The van der Waals surface area contributed by atoms with E-state index in [2.05, 4.69) is 4.74 Å². The smallest absolute Gasteiger partial charge is 0.356 e. The second-order valence-electron chi connectivity index (χ2n) is 2.73. The zero-order valence-corrected chi connectivity index (χ0v) is 7.89. The average molecular weight is 214 g/mol. The number of amides is 1. The largest absolute Gasteiger partial charge is 0.414 e. The first kappa shape index (κ1) is 13.2. The molecular weight excluding hydrogens is 201 g/mol. The number of nitrogens with one attached hydrogen (secondary N) is 1. The lowest BCUT2D eigenvalue weighted by Crippen LogP contribution is -2.44. The van der Waals surface area contributed by atoms with Crippen LogP contribution < -0.4 is 11.3 Å². The van der Waals surface area contributed by atoms with E-state index in [-0.39, 0.29) is 6.42 Å². The van der Waals surface area contributed by atoms with Crippen molar-refractivity contribution in [3.05, 3.63) is 0 Å². The summed E-state index contributed by atoms with van der Waals surface area (Å²) in [4.78, 5) is 10.9. The minimum absolute atomic E-state index is 0.128. The van der Waals surface area contributed by atoms with Gasteiger partial charge in [0.25, 0.3) is 5.91 Å². The Labute approximate surface area is 79.6 Å². The first-order valence-electron chi connectivity index (χ1n) is 4.05. The predicted octanol–water partition coefficient (Wildman–Crippen LogP) is 0.722. The molecule has 0 aliphatic rings. The third-order valence-electron chi connectivity index (χ3n) is 1.63. The Morgan fingerprint density at radius 3 is 2.36 bits per heavy atom. The molecule has 0 aliphatic heterocycles. The van der Waals surface area contributed by atoms with E-state index in [4.69, 9.17) is 5.84 Å². The van der Waals surface area contributed by atoms with E-state index in [0.717, 1.165) is 6.92 Å². The molecule has 14 heavy (non-hydrogen) atoms. The number of carbonyl (C=O) groups is 1. The Hall–Kier alpha value is -0.820. The van der Waals surface area contributed by atoms with Crippen LogP contribution in [0.5, 0.6) is 0 Å². The normalized spacial score (nSPS) is 16.1. The predicted molar refractivity (Wildman–Crippen MR) is 43.0 cm³/mol. The maximum Gasteiger partial charge on any atom is 0.414 e. The standard InChI is InChI=1S/C7H13F3N2O2/c1-3-5(6(13)12-11)14-4(2)7(8,9)10/h4-5H,3,11H2,1-2H3,(H,12,13). The molecule has 0 radical (unpaired) electrons. The molecule has 2 atom stereocenters. The van der Waals surface area contributed by atoms with Gasteiger partial charge in [-0.05, 0) is 13.3 Å². The third-order valence-corrected chi connectivity index (χ3v) is 1.63. The number of hydrogen-bond donors (Lipinski definition) is 2. The summed E-state index contributed by atoms with van der Waals surface area (Å²) in [6.07, 6.45) is -7.49. The van der Waals surface area contributed by atoms with Crippen LogP contribution in [-0.4, -0.2) is 24.3 Å². The summed E-state index contributed by atoms with van der Waals surface area (Å²) in [5.41, 5.74) is 1.74. The SMILES string of the molecule is CCC(OC(C)C(F)(F)F)C(=O)NN. The van der Waals surface area contributed by atoms with E-state index in [9.17, 15) is 18.0 Å². The van der Waals surface area contributed by atoms with Crippen LogP contribution in [-0.2, 0) is 9.53 Å². The van der Waals surface area contributed by atoms with Gasteiger partial charge in [-0.1, -0.05) is 6.92 Å². The lowest BCUT2D eigenvalue weighted by Gasteiger charge is -2.21. The number of alkyl halides is 3. The van der Waals surface area contributed by atoms with Gasteiger partial charge in [-0.2, -0.15) is 13.2 Å². The molecule has 1 amide bonds. The second kappa shape index (κ2) is 5.16. The molecule has 0 heterocycles. The summed E-state index contributed by atoms with van der Waals surface area (Å²) in [7, 11) is 0. The summed E-state index contributed by atoms with van der Waals surface area (Å²) in [5.74, 6) is 4.01. The first-order chi connectivity index (χ1) is 6.32. The summed E-state index contributed by atoms with van der Waals surface area (Å²) in [5, 5.41) is 0. The highest BCUT2D eigenvalue weighted by Crippen LogP contribution is 2.23. The second-order valence-corrected chi connectivity index (χ2v) is 2.73. The van der Waals surface area contributed by atoms with Gasteiger partial charge in [-0.25, -0.2) is 5.84 Å². The van der Waals surface area contributed by atoms with E-state index < -0.39 is 24.3 Å². The van der Waals surface area contributed by atoms with Gasteiger partial charge in [0, 0.05) is 0 Å². The molecule has 0 aliphatic carbocycles. The van der Waals surface area contributed by atoms with Gasteiger partial charge in [0.15, 0.2) is 6.10 Å². The zero-order chi connectivity index (χ0) is 11.4. The number of nitrogens with two attached hydrogens (primary N) is 1. The van der Waals surface area contributed by atoms with Crippen LogP contribution in [0, 0.1) is 0 Å². The van der Waals surface area contributed by atoms with Crippen LogP contribution >= 0.6 is 0 Å². The highest BCUT2D eigenvalue weighted by molar-refractivity contribution is 5.80. The molecule has 2 unspecified atom stereocenters. The molecule has 0 aromatic carbocycles. The van der Waals surface area contributed by atoms with Gasteiger partial charge < -0.3 is 4.74 Å². The number of hydrogen-bond acceptors (Lipinski definition) is 3. The number of rotatable bonds is 4. The lowest BCUT2D eigenvalue weighted by molar-refractivity contribution is -0.225. The Kier molecular flexibility index (Phi) is 4.86. The molecule has 0 rings (SSSR count). The van der Waals surface area contributed by atoms with Gasteiger partial charge in [0.2, 0.25) is 0 Å². The fraction of sp³-hybridized carbons (Fsp3) is 0.857. The summed E-state index contributed by atoms with van der Waals surface area (Å²) in [6.45, 7) is 2.37. The Morgan fingerprint density at radius 2 is 2.07 bits per heavy atom. The molecule has 0 aromatic rings. The van der Waals surface area contributed by atoms with Crippen LogP contribution in [0.3, 0.4) is 0 Å². The summed E-state index contributed by atoms with van der Waals surface area (Å²) < 4.78 is 40.6. The average Bonchev–Trinajstić information content (AvgIpc) is 2.10. The van der Waals surface area contributed by atoms with Crippen molar-refractivity contribution in [3.8, 4) is 0 Å². The zero-order valence-electron chi connectivity index (χ0n) is 7.89. The summed E-state index contributed by atoms with van der Waals surface area (Å²) in [6, 6.07) is 0. The van der Waals surface area contributed by atoms with Gasteiger partial charge >= 0.3 is 6.18 Å². The molecule has 4 nitrogen and oxygen atoms in total. The van der Waals surface area contributed by atoms with Crippen LogP contribution in [0.2, 0.25) is 0 Å². The molecule has 0 fully saturated rings. The fourth-order valence-electron chi connectivity index (χ4n) is 0.760. The number of halogens is 3. The lowest BCUT2D eigenvalue weighted by atomic mass is 10.2. The van der Waals surface area contributed by atoms with E-state index in [0.29, 0.717) is 0 Å². The Morgan fingerprint density at radius 1 is 1.57 bits per heavy atom. The third kappa shape index (κ3) is 3.93. The number of ether oxygens (including phenoxy) is 1. The van der Waals surface area contributed by atoms with Crippen molar-refractivity contribution in [1.82, 2.24) is 5.43 Å². The van der Waals surface area contributed by atoms with Crippen molar-refractivity contribution in [2.45, 2.75) is 38.7 Å². The minimum atomic E-state index is -4.47. The molecular formula is C7H13F3N2O2. The maximum absolute atomic E-state index is 12.0. The molecule has 7 heteroatoms.